The van der Waals surface area contributed by atoms with Gasteiger partial charge in [0.05, 0.1) is 11.2 Å². The van der Waals surface area contributed by atoms with Gasteiger partial charge in [-0.1, -0.05) is 11.6 Å². The van der Waals surface area contributed by atoms with E-state index in [4.69, 9.17) is 27.9 Å². The lowest BCUT2D eigenvalue weighted by Gasteiger charge is -2.06. The molecular formula is C10H7Cl2N3O. The molecule has 0 amide bonds. The number of aryl methyl sites for hydroxylation is 1. The van der Waals surface area contributed by atoms with E-state index in [9.17, 15) is 0 Å². The summed E-state index contributed by atoms with van der Waals surface area (Å²) >= 11 is 11.5. The van der Waals surface area contributed by atoms with Gasteiger partial charge in [-0.05, 0) is 18.5 Å². The Balaban J connectivity index is 2.30. The highest BCUT2D eigenvalue weighted by molar-refractivity contribution is 6.30. The average Bonchev–Trinajstić information content (AvgIpc) is 2.24. The van der Waals surface area contributed by atoms with Crippen molar-refractivity contribution >= 4 is 23.2 Å². The number of pyridine rings is 1. The van der Waals surface area contributed by atoms with E-state index < -0.39 is 0 Å². The van der Waals surface area contributed by atoms with Crippen LogP contribution in [0.25, 0.3) is 0 Å². The highest BCUT2D eigenvalue weighted by atomic mass is 35.5. The van der Waals surface area contributed by atoms with E-state index in [-0.39, 0.29) is 5.28 Å². The van der Waals surface area contributed by atoms with Gasteiger partial charge < -0.3 is 4.74 Å². The first kappa shape index (κ1) is 11.1. The summed E-state index contributed by atoms with van der Waals surface area (Å²) < 4.78 is 5.49. The van der Waals surface area contributed by atoms with Crippen LogP contribution >= 0.6 is 23.2 Å². The first-order valence-corrected chi connectivity index (χ1v) is 5.18. The minimum absolute atomic E-state index is 0.135. The Morgan fingerprint density at radius 3 is 2.75 bits per heavy atom. The fourth-order valence-electron chi connectivity index (χ4n) is 1.07. The minimum atomic E-state index is 0.135. The normalized spacial score (nSPS) is 10.2. The maximum absolute atomic E-state index is 5.78. The molecule has 0 atom stereocenters. The monoisotopic (exact) mass is 255 g/mol. The van der Waals surface area contributed by atoms with Crippen LogP contribution in [0.1, 0.15) is 5.56 Å². The zero-order valence-corrected chi connectivity index (χ0v) is 9.83. The molecule has 0 bridgehead atoms. The van der Waals surface area contributed by atoms with Gasteiger partial charge in [0.1, 0.15) is 5.75 Å². The van der Waals surface area contributed by atoms with Gasteiger partial charge in [0.25, 0.3) is 0 Å². The van der Waals surface area contributed by atoms with Gasteiger partial charge in [-0.25, -0.2) is 4.98 Å². The predicted molar refractivity (Wildman–Crippen MR) is 61.1 cm³/mol. The van der Waals surface area contributed by atoms with Crippen LogP contribution in [0.3, 0.4) is 0 Å². The minimum Gasteiger partial charge on any atom is -0.437 e. The summed E-state index contributed by atoms with van der Waals surface area (Å²) in [6, 6.07) is 1.64. The fourth-order valence-corrected chi connectivity index (χ4v) is 1.36. The fraction of sp³-hybridized carbons (Fsp3) is 0.100. The quantitative estimate of drug-likeness (QED) is 0.773. The topological polar surface area (TPSA) is 47.9 Å². The van der Waals surface area contributed by atoms with Crippen molar-refractivity contribution in [2.24, 2.45) is 0 Å². The molecule has 0 aliphatic carbocycles. The van der Waals surface area contributed by atoms with E-state index in [0.717, 1.165) is 5.56 Å². The van der Waals surface area contributed by atoms with Gasteiger partial charge in [0.2, 0.25) is 11.2 Å². The molecule has 0 N–H and O–H groups in total. The Hall–Kier alpha value is -1.39. The predicted octanol–water partition coefficient (Wildman–Crippen LogP) is 3.28. The Labute approximate surface area is 102 Å². The van der Waals surface area contributed by atoms with E-state index in [2.05, 4.69) is 15.0 Å². The third-order valence-electron chi connectivity index (χ3n) is 1.79. The molecule has 0 aliphatic rings. The number of hydrogen-bond acceptors (Lipinski definition) is 4. The molecule has 0 radical (unpaired) electrons. The standard InChI is InChI=1S/C10H7Cl2N3O/c1-6-3-14-10(12)15-9(6)16-8-2-7(11)4-13-5-8/h2-5H,1H3. The zero-order chi connectivity index (χ0) is 11.5. The molecule has 82 valence electrons. The first-order valence-electron chi connectivity index (χ1n) is 4.43. The van der Waals surface area contributed by atoms with Gasteiger partial charge in [-0.2, -0.15) is 4.98 Å². The molecule has 2 aromatic heterocycles. The molecule has 0 spiro atoms. The van der Waals surface area contributed by atoms with Gasteiger partial charge in [-0.3, -0.25) is 4.98 Å². The molecule has 4 nitrogen and oxygen atoms in total. The highest BCUT2D eigenvalue weighted by Crippen LogP contribution is 2.24. The molecule has 0 aromatic carbocycles. The summed E-state index contributed by atoms with van der Waals surface area (Å²) in [5.41, 5.74) is 0.782. The lowest BCUT2D eigenvalue weighted by Crippen LogP contribution is -1.93. The largest absolute Gasteiger partial charge is 0.437 e. The summed E-state index contributed by atoms with van der Waals surface area (Å²) in [6.07, 6.45) is 4.65. The number of ether oxygens (including phenoxy) is 1. The van der Waals surface area contributed by atoms with Gasteiger partial charge >= 0.3 is 0 Å². The molecule has 16 heavy (non-hydrogen) atoms. The smallest absolute Gasteiger partial charge is 0.226 e. The number of aromatic nitrogens is 3. The van der Waals surface area contributed by atoms with Crippen LogP contribution in [-0.4, -0.2) is 15.0 Å². The molecule has 2 aromatic rings. The molecule has 0 unspecified atom stereocenters. The van der Waals surface area contributed by atoms with Crippen molar-refractivity contribution in [3.8, 4) is 11.6 Å². The third kappa shape index (κ3) is 2.59. The summed E-state index contributed by atoms with van der Waals surface area (Å²) in [5.74, 6) is 0.898. The van der Waals surface area contributed by atoms with Crippen molar-refractivity contribution in [3.63, 3.8) is 0 Å². The van der Waals surface area contributed by atoms with E-state index in [0.29, 0.717) is 16.7 Å². The molecule has 0 saturated carbocycles. The molecule has 6 heteroatoms. The summed E-state index contributed by atoms with van der Waals surface area (Å²) in [5, 5.41) is 0.630. The highest BCUT2D eigenvalue weighted by Gasteiger charge is 2.05. The number of hydrogen-bond donors (Lipinski definition) is 0. The number of halogens is 2. The zero-order valence-electron chi connectivity index (χ0n) is 8.32. The number of nitrogens with zero attached hydrogens (tertiary/aromatic N) is 3. The lowest BCUT2D eigenvalue weighted by atomic mass is 10.4. The second-order valence-electron chi connectivity index (χ2n) is 3.07. The summed E-state index contributed by atoms with van der Waals surface area (Å²) in [7, 11) is 0. The lowest BCUT2D eigenvalue weighted by molar-refractivity contribution is 0.455. The van der Waals surface area contributed by atoms with E-state index in [1.54, 1.807) is 18.5 Å². The van der Waals surface area contributed by atoms with Crippen LogP contribution in [0.5, 0.6) is 11.6 Å². The molecule has 2 heterocycles. The van der Waals surface area contributed by atoms with Gasteiger partial charge in [-0.15, -0.1) is 0 Å². The van der Waals surface area contributed by atoms with Crippen molar-refractivity contribution in [1.82, 2.24) is 15.0 Å². The first-order chi connectivity index (χ1) is 7.65. The Kier molecular flexibility index (Phi) is 3.22. The van der Waals surface area contributed by atoms with Crippen LogP contribution in [0.15, 0.2) is 24.7 Å². The van der Waals surface area contributed by atoms with Crippen LogP contribution in [0.4, 0.5) is 0 Å². The third-order valence-corrected chi connectivity index (χ3v) is 2.18. The molecular weight excluding hydrogens is 249 g/mol. The van der Waals surface area contributed by atoms with Gasteiger partial charge in [0.15, 0.2) is 0 Å². The van der Waals surface area contributed by atoms with Crippen LogP contribution in [0.2, 0.25) is 10.3 Å². The molecule has 0 aliphatic heterocycles. The van der Waals surface area contributed by atoms with E-state index in [1.165, 1.54) is 6.20 Å². The van der Waals surface area contributed by atoms with Crippen LogP contribution in [0, 0.1) is 6.92 Å². The van der Waals surface area contributed by atoms with Gasteiger partial charge in [0, 0.05) is 24.0 Å². The Morgan fingerprint density at radius 1 is 1.19 bits per heavy atom. The summed E-state index contributed by atoms with van der Waals surface area (Å²) in [4.78, 5) is 11.7. The van der Waals surface area contributed by atoms with Crippen molar-refractivity contribution in [2.45, 2.75) is 6.92 Å². The number of rotatable bonds is 2. The molecule has 0 saturated heterocycles. The SMILES string of the molecule is Cc1cnc(Cl)nc1Oc1cncc(Cl)c1. The second kappa shape index (κ2) is 4.63. The molecule has 2 rings (SSSR count). The van der Waals surface area contributed by atoms with Crippen molar-refractivity contribution in [3.05, 3.63) is 40.5 Å². The van der Waals surface area contributed by atoms with Crippen molar-refractivity contribution in [1.29, 1.82) is 0 Å². The van der Waals surface area contributed by atoms with E-state index in [1.807, 2.05) is 6.92 Å². The van der Waals surface area contributed by atoms with Crippen LogP contribution < -0.4 is 4.74 Å². The Morgan fingerprint density at radius 2 is 2.00 bits per heavy atom. The maximum atomic E-state index is 5.78. The Bertz CT molecular complexity index is 519. The van der Waals surface area contributed by atoms with Crippen LogP contribution in [-0.2, 0) is 0 Å². The second-order valence-corrected chi connectivity index (χ2v) is 3.84. The molecule has 0 fully saturated rings. The van der Waals surface area contributed by atoms with E-state index >= 15 is 0 Å². The van der Waals surface area contributed by atoms with Crippen molar-refractivity contribution in [2.75, 3.05) is 0 Å². The average molecular weight is 256 g/mol. The summed E-state index contributed by atoms with van der Waals surface area (Å²) in [6.45, 7) is 1.82. The van der Waals surface area contributed by atoms with Crippen molar-refractivity contribution < 1.29 is 4.74 Å². The maximum Gasteiger partial charge on any atom is 0.226 e.